The molecule has 0 N–H and O–H groups in total. The van der Waals surface area contributed by atoms with Crippen LogP contribution in [0, 0.1) is 29.6 Å². The highest BCUT2D eigenvalue weighted by Gasteiger charge is 2.33. The Kier molecular flexibility index (Phi) is 9.09. The second-order valence-corrected chi connectivity index (χ2v) is 10.3. The van der Waals surface area contributed by atoms with E-state index in [-0.39, 0.29) is 6.08 Å². The molecule has 5 heteroatoms. The highest BCUT2D eigenvalue weighted by Crippen LogP contribution is 2.41. The Morgan fingerprint density at radius 1 is 0.800 bits per heavy atom. The lowest BCUT2D eigenvalue weighted by molar-refractivity contribution is -0.0821. The van der Waals surface area contributed by atoms with E-state index in [1.54, 1.807) is 0 Å². The van der Waals surface area contributed by atoms with Crippen molar-refractivity contribution in [3.63, 3.8) is 0 Å². The molecule has 0 amide bonds. The zero-order valence-electron chi connectivity index (χ0n) is 18.6. The van der Waals surface area contributed by atoms with Gasteiger partial charge >= 0.3 is 6.18 Å². The molecule has 0 aromatic carbocycles. The number of halogens is 4. The van der Waals surface area contributed by atoms with Crippen LogP contribution in [-0.4, -0.2) is 18.9 Å². The monoisotopic (exact) mass is 432 g/mol. The van der Waals surface area contributed by atoms with Crippen LogP contribution in [0.15, 0.2) is 11.9 Å². The second kappa shape index (κ2) is 11.3. The first-order valence-electron chi connectivity index (χ1n) is 12.4. The number of hydrogen-bond acceptors (Lipinski definition) is 1. The Morgan fingerprint density at radius 2 is 1.37 bits per heavy atom. The fourth-order valence-corrected chi connectivity index (χ4v) is 6.16. The predicted molar refractivity (Wildman–Crippen MR) is 113 cm³/mol. The van der Waals surface area contributed by atoms with E-state index >= 15 is 0 Å². The molecular formula is C25H40F4O. The standard InChI is InChI=1S/C25H40F4O/c1-2-3-20-10-15-24(30-17-20)22-13-8-19(9-14-22)5-4-18-6-11-21(12-7-18)23(26)16-25(27,28)29/h16,18-22,24H,2-15,17H2,1H3/b23-16-. The van der Waals surface area contributed by atoms with Crippen LogP contribution in [0.25, 0.3) is 0 Å². The van der Waals surface area contributed by atoms with Crippen molar-refractivity contribution in [2.45, 2.75) is 109 Å². The summed E-state index contributed by atoms with van der Waals surface area (Å²) in [6, 6.07) is 0. The molecule has 0 bridgehead atoms. The third-order valence-corrected chi connectivity index (χ3v) is 8.04. The van der Waals surface area contributed by atoms with Crippen molar-refractivity contribution in [3.05, 3.63) is 11.9 Å². The van der Waals surface area contributed by atoms with E-state index in [0.717, 1.165) is 43.6 Å². The average Bonchev–Trinajstić information content (AvgIpc) is 2.73. The van der Waals surface area contributed by atoms with Crippen molar-refractivity contribution in [2.24, 2.45) is 29.6 Å². The van der Waals surface area contributed by atoms with Crippen molar-refractivity contribution in [2.75, 3.05) is 6.61 Å². The van der Waals surface area contributed by atoms with Gasteiger partial charge in [0.1, 0.15) is 5.83 Å². The summed E-state index contributed by atoms with van der Waals surface area (Å²) in [6.45, 7) is 3.21. The quantitative estimate of drug-likeness (QED) is 0.367. The summed E-state index contributed by atoms with van der Waals surface area (Å²) in [4.78, 5) is 0. The van der Waals surface area contributed by atoms with E-state index in [2.05, 4.69) is 6.92 Å². The first kappa shape index (κ1) is 24.1. The van der Waals surface area contributed by atoms with Gasteiger partial charge in [-0.2, -0.15) is 13.2 Å². The van der Waals surface area contributed by atoms with Crippen molar-refractivity contribution in [3.8, 4) is 0 Å². The molecule has 2 aliphatic carbocycles. The van der Waals surface area contributed by atoms with Crippen LogP contribution in [0.5, 0.6) is 0 Å². The molecular weight excluding hydrogens is 392 g/mol. The summed E-state index contributed by atoms with van der Waals surface area (Å²) >= 11 is 0. The molecule has 1 saturated heterocycles. The highest BCUT2D eigenvalue weighted by molar-refractivity contribution is 5.03. The van der Waals surface area contributed by atoms with Crippen LogP contribution in [0.2, 0.25) is 0 Å². The first-order valence-corrected chi connectivity index (χ1v) is 12.4. The van der Waals surface area contributed by atoms with Crippen molar-refractivity contribution >= 4 is 0 Å². The van der Waals surface area contributed by atoms with Gasteiger partial charge in [0.05, 0.1) is 12.2 Å². The second-order valence-electron chi connectivity index (χ2n) is 10.3. The lowest BCUT2D eigenvalue weighted by Gasteiger charge is -2.38. The van der Waals surface area contributed by atoms with Gasteiger partial charge in [0.2, 0.25) is 0 Å². The Balaban J connectivity index is 1.30. The molecule has 3 rings (SSSR count). The zero-order chi connectivity index (χ0) is 21.6. The topological polar surface area (TPSA) is 9.23 Å². The maximum Gasteiger partial charge on any atom is 0.412 e. The normalized spacial score (nSPS) is 36.6. The van der Waals surface area contributed by atoms with E-state index in [1.807, 2.05) is 0 Å². The molecule has 2 unspecified atom stereocenters. The number of rotatable bonds is 7. The largest absolute Gasteiger partial charge is 0.412 e. The fourth-order valence-electron chi connectivity index (χ4n) is 6.16. The van der Waals surface area contributed by atoms with E-state index in [0.29, 0.717) is 24.9 Å². The Labute approximate surface area is 180 Å². The van der Waals surface area contributed by atoms with Gasteiger partial charge in [0.15, 0.2) is 0 Å². The number of hydrogen-bond donors (Lipinski definition) is 0. The van der Waals surface area contributed by atoms with Crippen LogP contribution in [-0.2, 0) is 4.74 Å². The summed E-state index contributed by atoms with van der Waals surface area (Å²) in [5.41, 5.74) is 0. The van der Waals surface area contributed by atoms with Crippen molar-refractivity contribution in [1.82, 2.24) is 0 Å². The summed E-state index contributed by atoms with van der Waals surface area (Å²) in [5.74, 6) is 1.38. The minimum atomic E-state index is -4.54. The molecule has 1 nitrogen and oxygen atoms in total. The minimum absolute atomic E-state index is 0.142. The molecule has 0 aromatic heterocycles. The maximum atomic E-state index is 13.8. The van der Waals surface area contributed by atoms with Gasteiger partial charge in [-0.25, -0.2) is 4.39 Å². The molecule has 3 fully saturated rings. The first-order chi connectivity index (χ1) is 14.3. The van der Waals surface area contributed by atoms with Gasteiger partial charge in [-0.1, -0.05) is 39.0 Å². The molecule has 0 radical (unpaired) electrons. The van der Waals surface area contributed by atoms with Gasteiger partial charge in [-0.15, -0.1) is 0 Å². The van der Waals surface area contributed by atoms with Crippen LogP contribution >= 0.6 is 0 Å². The Hall–Kier alpha value is -0.580. The molecule has 1 heterocycles. The van der Waals surface area contributed by atoms with Gasteiger partial charge in [-0.3, -0.25) is 0 Å². The summed E-state index contributed by atoms with van der Waals surface area (Å²) < 4.78 is 57.0. The lowest BCUT2D eigenvalue weighted by Crippen LogP contribution is -2.34. The lowest BCUT2D eigenvalue weighted by atomic mass is 9.73. The Morgan fingerprint density at radius 3 is 1.87 bits per heavy atom. The highest BCUT2D eigenvalue weighted by atomic mass is 19.4. The van der Waals surface area contributed by atoms with Gasteiger partial charge < -0.3 is 4.74 Å². The zero-order valence-corrected chi connectivity index (χ0v) is 18.6. The predicted octanol–water partition coefficient (Wildman–Crippen LogP) is 8.39. The van der Waals surface area contributed by atoms with E-state index in [1.165, 1.54) is 57.8 Å². The maximum absolute atomic E-state index is 13.8. The summed E-state index contributed by atoms with van der Waals surface area (Å²) in [5, 5.41) is 0. The molecule has 2 atom stereocenters. The van der Waals surface area contributed by atoms with Gasteiger partial charge in [0.25, 0.3) is 0 Å². The van der Waals surface area contributed by atoms with Gasteiger partial charge in [-0.05, 0) is 81.5 Å². The van der Waals surface area contributed by atoms with E-state index in [4.69, 9.17) is 4.74 Å². The molecule has 0 aromatic rings. The van der Waals surface area contributed by atoms with Crippen LogP contribution < -0.4 is 0 Å². The van der Waals surface area contributed by atoms with Gasteiger partial charge in [0, 0.05) is 12.5 Å². The SMILES string of the molecule is CCCC1CCC(C2CCC(CCC3CCC(/C(F)=C/C(F)(F)F)CC3)CC2)OC1. The Bertz CT molecular complexity index is 520. The van der Waals surface area contributed by atoms with Crippen LogP contribution in [0.3, 0.4) is 0 Å². The average molecular weight is 433 g/mol. The molecule has 0 spiro atoms. The third-order valence-electron chi connectivity index (χ3n) is 8.04. The molecule has 2 saturated carbocycles. The molecule has 3 aliphatic rings. The minimum Gasteiger partial charge on any atom is -0.378 e. The molecule has 1 aliphatic heterocycles. The molecule has 174 valence electrons. The number of ether oxygens (including phenoxy) is 1. The molecule has 30 heavy (non-hydrogen) atoms. The van der Waals surface area contributed by atoms with Crippen molar-refractivity contribution < 1.29 is 22.3 Å². The number of allylic oxidation sites excluding steroid dienone is 2. The summed E-state index contributed by atoms with van der Waals surface area (Å²) in [6.07, 6.45) is 11.3. The number of alkyl halides is 3. The smallest absolute Gasteiger partial charge is 0.378 e. The summed E-state index contributed by atoms with van der Waals surface area (Å²) in [7, 11) is 0. The van der Waals surface area contributed by atoms with E-state index in [9.17, 15) is 17.6 Å². The van der Waals surface area contributed by atoms with E-state index < -0.39 is 17.9 Å². The fraction of sp³-hybridized carbons (Fsp3) is 0.920. The third kappa shape index (κ3) is 7.53. The van der Waals surface area contributed by atoms with Crippen LogP contribution in [0.4, 0.5) is 17.6 Å². The van der Waals surface area contributed by atoms with Crippen LogP contribution in [0.1, 0.15) is 96.8 Å². The van der Waals surface area contributed by atoms with Crippen molar-refractivity contribution in [1.29, 1.82) is 0 Å².